The van der Waals surface area contributed by atoms with Crippen LogP contribution in [0.5, 0.6) is 5.75 Å². The second kappa shape index (κ2) is 8.65. The van der Waals surface area contributed by atoms with Crippen molar-refractivity contribution in [3.05, 3.63) is 53.1 Å². The van der Waals surface area contributed by atoms with Crippen molar-refractivity contribution in [2.24, 2.45) is 0 Å². The lowest BCUT2D eigenvalue weighted by Crippen LogP contribution is -2.57. The normalized spacial score (nSPS) is 18.0. The summed E-state index contributed by atoms with van der Waals surface area (Å²) in [6.45, 7) is 5.42. The van der Waals surface area contributed by atoms with Crippen molar-refractivity contribution < 1.29 is 13.9 Å². The molecule has 2 aromatic rings. The number of nitrogens with one attached hydrogen (secondary N) is 1. The number of ether oxygens (including phenoxy) is 1. The highest BCUT2D eigenvalue weighted by Gasteiger charge is 2.29. The molecule has 0 aliphatic carbocycles. The van der Waals surface area contributed by atoms with Gasteiger partial charge in [-0.05, 0) is 31.5 Å². The van der Waals surface area contributed by atoms with Crippen molar-refractivity contribution in [2.75, 3.05) is 31.6 Å². The Balaban J connectivity index is 1.65. The van der Waals surface area contributed by atoms with Crippen LogP contribution in [0, 0.1) is 5.82 Å². The van der Waals surface area contributed by atoms with Crippen molar-refractivity contribution in [2.45, 2.75) is 25.9 Å². The Morgan fingerprint density at radius 2 is 2.18 bits per heavy atom. The summed E-state index contributed by atoms with van der Waals surface area (Å²) in [5.74, 6) is 0.218. The lowest BCUT2D eigenvalue weighted by molar-refractivity contribution is 0.168. The monoisotopic (exact) mass is 406 g/mol. The second-order valence-corrected chi connectivity index (χ2v) is 7.23. The van der Waals surface area contributed by atoms with Crippen LogP contribution in [0.15, 0.2) is 36.7 Å². The highest BCUT2D eigenvalue weighted by molar-refractivity contribution is 6.32. The number of urea groups is 1. The molecule has 6 nitrogen and oxygen atoms in total. The zero-order valence-electron chi connectivity index (χ0n) is 16.2. The van der Waals surface area contributed by atoms with Crippen molar-refractivity contribution in [1.82, 2.24) is 15.2 Å². The fourth-order valence-corrected chi connectivity index (χ4v) is 3.83. The van der Waals surface area contributed by atoms with Crippen LogP contribution in [-0.2, 0) is 0 Å². The molecule has 1 N–H and O–H groups in total. The number of nitrogens with zero attached hydrogens (tertiary/aromatic N) is 3. The van der Waals surface area contributed by atoms with Gasteiger partial charge >= 0.3 is 6.03 Å². The molecule has 1 fully saturated rings. The number of amides is 2. The molecule has 2 amide bonds. The molecule has 0 bridgehead atoms. The Kier molecular flexibility index (Phi) is 6.24. The van der Waals surface area contributed by atoms with Crippen molar-refractivity contribution in [1.29, 1.82) is 0 Å². The highest BCUT2D eigenvalue weighted by atomic mass is 35.5. The summed E-state index contributed by atoms with van der Waals surface area (Å²) in [4.78, 5) is 20.3. The Bertz CT molecular complexity index is 851. The molecule has 2 heterocycles. The van der Waals surface area contributed by atoms with E-state index in [4.69, 9.17) is 16.3 Å². The van der Waals surface area contributed by atoms with E-state index in [1.165, 1.54) is 6.20 Å². The van der Waals surface area contributed by atoms with Gasteiger partial charge in [0, 0.05) is 31.9 Å². The molecular weight excluding hydrogens is 383 g/mol. The molecule has 8 heteroatoms. The fraction of sp³-hybridized carbons (Fsp3) is 0.400. The molecule has 0 spiro atoms. The predicted octanol–water partition coefficient (Wildman–Crippen LogP) is 3.86. The van der Waals surface area contributed by atoms with Crippen LogP contribution in [-0.4, -0.2) is 48.7 Å². The topological polar surface area (TPSA) is 57.7 Å². The molecule has 1 aliphatic rings. The molecule has 2 atom stereocenters. The maximum absolute atomic E-state index is 14.0. The minimum atomic E-state index is -0.353. The van der Waals surface area contributed by atoms with Gasteiger partial charge in [-0.25, -0.2) is 9.18 Å². The lowest BCUT2D eigenvalue weighted by atomic mass is 10.1. The summed E-state index contributed by atoms with van der Waals surface area (Å²) in [6.07, 6.45) is 2.78. The third-order valence-electron chi connectivity index (χ3n) is 5.00. The van der Waals surface area contributed by atoms with E-state index in [1.54, 1.807) is 30.3 Å². The molecule has 3 rings (SSSR count). The summed E-state index contributed by atoms with van der Waals surface area (Å²) in [7, 11) is 1.56. The molecule has 150 valence electrons. The minimum Gasteiger partial charge on any atom is -0.495 e. The molecule has 1 aromatic carbocycles. The van der Waals surface area contributed by atoms with E-state index in [1.807, 2.05) is 30.9 Å². The first-order valence-corrected chi connectivity index (χ1v) is 9.54. The van der Waals surface area contributed by atoms with Crippen LogP contribution >= 0.6 is 11.6 Å². The van der Waals surface area contributed by atoms with E-state index in [-0.39, 0.29) is 23.9 Å². The Hall–Kier alpha value is -2.54. The standard InChI is InChI=1S/C20H24ClFN4O2/c1-13-12-25(17-7-8-23-11-16(17)22)9-10-26(13)20(27)24-14(2)15-5-4-6-18(28-3)19(15)21/h4-8,11,13-14H,9-10,12H2,1-3H3,(H,24,27)/t13-,14+/m1/s1. The summed E-state index contributed by atoms with van der Waals surface area (Å²) in [5.41, 5.74) is 1.30. The fourth-order valence-electron chi connectivity index (χ4n) is 3.47. The molecule has 0 unspecified atom stereocenters. The number of carbonyl (C=O) groups is 1. The first-order chi connectivity index (χ1) is 13.4. The second-order valence-electron chi connectivity index (χ2n) is 6.85. The van der Waals surface area contributed by atoms with E-state index in [2.05, 4.69) is 10.3 Å². The molecule has 1 aromatic heterocycles. The van der Waals surface area contributed by atoms with Crippen LogP contribution in [0.3, 0.4) is 0 Å². The average Bonchev–Trinajstić information content (AvgIpc) is 2.68. The summed E-state index contributed by atoms with van der Waals surface area (Å²) >= 11 is 6.37. The molecule has 1 saturated heterocycles. The number of halogens is 2. The zero-order chi connectivity index (χ0) is 20.3. The van der Waals surface area contributed by atoms with Gasteiger partial charge in [-0.3, -0.25) is 4.98 Å². The predicted molar refractivity (Wildman–Crippen MR) is 108 cm³/mol. The first kappa shape index (κ1) is 20.2. The van der Waals surface area contributed by atoms with Crippen molar-refractivity contribution in [3.63, 3.8) is 0 Å². The number of hydrogen-bond donors (Lipinski definition) is 1. The SMILES string of the molecule is COc1cccc([C@H](C)NC(=O)N2CCN(c3ccncc3F)C[C@H]2C)c1Cl. The summed E-state index contributed by atoms with van der Waals surface area (Å²) in [5, 5.41) is 3.49. The van der Waals surface area contributed by atoms with Crippen LogP contribution < -0.4 is 15.0 Å². The number of piperazine rings is 1. The molecule has 28 heavy (non-hydrogen) atoms. The van der Waals surface area contributed by atoms with E-state index >= 15 is 0 Å². The van der Waals surface area contributed by atoms with Gasteiger partial charge in [0.1, 0.15) is 5.75 Å². The van der Waals surface area contributed by atoms with Gasteiger partial charge in [-0.15, -0.1) is 0 Å². The summed E-state index contributed by atoms with van der Waals surface area (Å²) in [6, 6.07) is 6.61. The number of benzene rings is 1. The number of methoxy groups -OCH3 is 1. The molecule has 0 radical (unpaired) electrons. The van der Waals surface area contributed by atoms with Crippen LogP contribution in [0.2, 0.25) is 5.02 Å². The third-order valence-corrected chi connectivity index (χ3v) is 5.40. The van der Waals surface area contributed by atoms with Gasteiger partial charge in [0.25, 0.3) is 0 Å². The van der Waals surface area contributed by atoms with Crippen LogP contribution in [0.1, 0.15) is 25.5 Å². The Morgan fingerprint density at radius 1 is 1.39 bits per heavy atom. The van der Waals surface area contributed by atoms with Gasteiger partial charge in [0.2, 0.25) is 0 Å². The molecule has 0 saturated carbocycles. The number of hydrogen-bond acceptors (Lipinski definition) is 4. The third kappa shape index (κ3) is 4.14. The van der Waals surface area contributed by atoms with Crippen LogP contribution in [0.4, 0.5) is 14.9 Å². The maximum Gasteiger partial charge on any atom is 0.318 e. The lowest BCUT2D eigenvalue weighted by Gasteiger charge is -2.41. The average molecular weight is 407 g/mol. The van der Waals surface area contributed by atoms with Gasteiger partial charge in [0.15, 0.2) is 5.82 Å². The zero-order valence-corrected chi connectivity index (χ0v) is 16.9. The number of carbonyl (C=O) groups excluding carboxylic acids is 1. The molecular formula is C20H24ClFN4O2. The Morgan fingerprint density at radius 3 is 2.86 bits per heavy atom. The van der Waals surface area contributed by atoms with Crippen molar-refractivity contribution in [3.8, 4) is 5.75 Å². The number of aromatic nitrogens is 1. The van der Waals surface area contributed by atoms with Gasteiger partial charge in [0.05, 0.1) is 30.1 Å². The molecule has 1 aliphatic heterocycles. The van der Waals surface area contributed by atoms with E-state index in [0.717, 1.165) is 5.56 Å². The number of rotatable bonds is 4. The van der Waals surface area contributed by atoms with Crippen LogP contribution in [0.25, 0.3) is 0 Å². The maximum atomic E-state index is 14.0. The van der Waals surface area contributed by atoms with Gasteiger partial charge < -0.3 is 19.9 Å². The first-order valence-electron chi connectivity index (χ1n) is 9.16. The number of pyridine rings is 1. The minimum absolute atomic E-state index is 0.0747. The van der Waals surface area contributed by atoms with Crippen molar-refractivity contribution >= 4 is 23.3 Å². The highest BCUT2D eigenvalue weighted by Crippen LogP contribution is 2.32. The Labute approximate surface area is 169 Å². The largest absolute Gasteiger partial charge is 0.495 e. The number of anilines is 1. The van der Waals surface area contributed by atoms with E-state index in [9.17, 15) is 9.18 Å². The quantitative estimate of drug-likeness (QED) is 0.837. The van der Waals surface area contributed by atoms with E-state index < -0.39 is 0 Å². The smallest absolute Gasteiger partial charge is 0.318 e. The summed E-state index contributed by atoms with van der Waals surface area (Å²) < 4.78 is 19.2. The van der Waals surface area contributed by atoms with Gasteiger partial charge in [-0.1, -0.05) is 23.7 Å². The van der Waals surface area contributed by atoms with Gasteiger partial charge in [-0.2, -0.15) is 0 Å². The van der Waals surface area contributed by atoms with E-state index in [0.29, 0.717) is 36.1 Å².